The Morgan fingerprint density at radius 2 is 2.12 bits per heavy atom. The van der Waals surface area contributed by atoms with Gasteiger partial charge < -0.3 is 15.7 Å². The van der Waals surface area contributed by atoms with Crippen molar-refractivity contribution < 1.29 is 14.7 Å². The van der Waals surface area contributed by atoms with E-state index in [0.717, 1.165) is 16.2 Å². The number of nitrogens with zero attached hydrogens (tertiary/aromatic N) is 1. The Morgan fingerprint density at radius 3 is 2.88 bits per heavy atom. The molecule has 3 N–H and O–H groups in total. The molecule has 130 valence electrons. The van der Waals surface area contributed by atoms with Crippen LogP contribution in [0, 0.1) is 0 Å². The van der Waals surface area contributed by atoms with Crippen LogP contribution in [0.3, 0.4) is 0 Å². The molecule has 0 aliphatic carbocycles. The summed E-state index contributed by atoms with van der Waals surface area (Å²) in [5.74, 6) is 0.400. The van der Waals surface area contributed by atoms with Crippen molar-refractivity contribution in [3.05, 3.63) is 53.9 Å². The van der Waals surface area contributed by atoms with Crippen molar-refractivity contribution in [1.29, 1.82) is 0 Å². The molecular weight excluding hydrogens is 338 g/mol. The van der Waals surface area contributed by atoms with Gasteiger partial charge in [-0.2, -0.15) is 0 Å². The third kappa shape index (κ3) is 4.58. The molecule has 1 atom stereocenters. The van der Waals surface area contributed by atoms with E-state index in [1.807, 2.05) is 18.2 Å². The van der Waals surface area contributed by atoms with Gasteiger partial charge in [0.25, 0.3) is 5.91 Å². The molecule has 0 spiro atoms. The van der Waals surface area contributed by atoms with E-state index in [1.54, 1.807) is 36.3 Å². The minimum Gasteiger partial charge on any atom is -0.394 e. The fraction of sp³-hybridized carbons (Fsp3) is 0.278. The van der Waals surface area contributed by atoms with Crippen LogP contribution in [0.2, 0.25) is 0 Å². The summed E-state index contributed by atoms with van der Waals surface area (Å²) in [6.45, 7) is -0.161. The average molecular weight is 357 g/mol. The first kappa shape index (κ1) is 17.4. The highest BCUT2D eigenvalue weighted by Gasteiger charge is 2.18. The van der Waals surface area contributed by atoms with Crippen molar-refractivity contribution in [3.63, 3.8) is 0 Å². The van der Waals surface area contributed by atoms with Crippen molar-refractivity contribution >= 4 is 29.3 Å². The second-order valence-corrected chi connectivity index (χ2v) is 6.91. The number of carbonyl (C=O) groups excluding carboxylic acids is 2. The maximum Gasteiger partial charge on any atom is 0.251 e. The number of carbonyl (C=O) groups is 2. The average Bonchev–Trinajstić information content (AvgIpc) is 2.81. The molecule has 0 fully saturated rings. The van der Waals surface area contributed by atoms with Crippen molar-refractivity contribution in [3.8, 4) is 0 Å². The summed E-state index contributed by atoms with van der Waals surface area (Å²) in [7, 11) is 0. The lowest BCUT2D eigenvalue weighted by atomic mass is 10.1. The summed E-state index contributed by atoms with van der Waals surface area (Å²) in [5, 5.41) is 15.2. The van der Waals surface area contributed by atoms with Crippen molar-refractivity contribution in [2.24, 2.45) is 0 Å². The molecule has 3 rings (SSSR count). The summed E-state index contributed by atoms with van der Waals surface area (Å²) < 4.78 is 0. The Balaban J connectivity index is 1.71. The number of amides is 2. The zero-order chi connectivity index (χ0) is 17.6. The maximum absolute atomic E-state index is 12.5. The molecule has 1 aliphatic heterocycles. The Kier molecular flexibility index (Phi) is 5.67. The van der Waals surface area contributed by atoms with Crippen LogP contribution in [-0.4, -0.2) is 40.3 Å². The first-order chi connectivity index (χ1) is 12.2. The predicted octanol–water partition coefficient (Wildman–Crippen LogP) is 1.85. The van der Waals surface area contributed by atoms with Crippen LogP contribution in [-0.2, 0) is 11.2 Å². The molecule has 1 aromatic heterocycles. The highest BCUT2D eigenvalue weighted by Crippen LogP contribution is 2.31. The van der Waals surface area contributed by atoms with Gasteiger partial charge in [0.15, 0.2) is 0 Å². The third-order valence-electron chi connectivity index (χ3n) is 3.89. The highest BCUT2D eigenvalue weighted by molar-refractivity contribution is 7.99. The molecule has 6 nitrogen and oxygen atoms in total. The van der Waals surface area contributed by atoms with Gasteiger partial charge in [-0.3, -0.25) is 14.6 Å². The Bertz CT molecular complexity index is 767. The van der Waals surface area contributed by atoms with Crippen LogP contribution < -0.4 is 10.6 Å². The maximum atomic E-state index is 12.5. The largest absolute Gasteiger partial charge is 0.394 e. The number of thioether (sulfide) groups is 1. The molecule has 0 saturated heterocycles. The number of fused-ring (bicyclic) bond motifs is 1. The van der Waals surface area contributed by atoms with Crippen LogP contribution in [0.1, 0.15) is 22.3 Å². The smallest absolute Gasteiger partial charge is 0.251 e. The van der Waals surface area contributed by atoms with Crippen LogP contribution in [0.15, 0.2) is 47.6 Å². The Labute approximate surface area is 150 Å². The number of hydrogen-bond donors (Lipinski definition) is 3. The zero-order valence-electron chi connectivity index (χ0n) is 13.6. The number of hydrogen-bond acceptors (Lipinski definition) is 5. The summed E-state index contributed by atoms with van der Waals surface area (Å²) in [4.78, 5) is 29.1. The van der Waals surface area contributed by atoms with E-state index in [-0.39, 0.29) is 18.4 Å². The summed E-state index contributed by atoms with van der Waals surface area (Å²) in [5.41, 5.74) is 2.10. The van der Waals surface area contributed by atoms with Gasteiger partial charge in [0.05, 0.1) is 18.3 Å². The fourth-order valence-electron chi connectivity index (χ4n) is 2.59. The van der Waals surface area contributed by atoms with Gasteiger partial charge in [-0.15, -0.1) is 11.8 Å². The third-order valence-corrected chi connectivity index (χ3v) is 4.96. The molecule has 0 radical (unpaired) electrons. The summed E-state index contributed by atoms with van der Waals surface area (Å²) in [6, 6.07) is 8.57. The van der Waals surface area contributed by atoms with Gasteiger partial charge in [0.1, 0.15) is 0 Å². The molecule has 7 heteroatoms. The lowest BCUT2D eigenvalue weighted by molar-refractivity contribution is -0.115. The van der Waals surface area contributed by atoms with Crippen molar-refractivity contribution in [1.82, 2.24) is 10.3 Å². The van der Waals surface area contributed by atoms with E-state index in [2.05, 4.69) is 15.6 Å². The minimum atomic E-state index is -0.391. The summed E-state index contributed by atoms with van der Waals surface area (Å²) >= 11 is 1.59. The fourth-order valence-corrected chi connectivity index (χ4v) is 3.53. The van der Waals surface area contributed by atoms with Crippen LogP contribution in [0.5, 0.6) is 0 Å². The molecule has 2 amide bonds. The first-order valence-corrected chi connectivity index (χ1v) is 9.01. The van der Waals surface area contributed by atoms with Gasteiger partial charge in [0.2, 0.25) is 5.91 Å². The molecule has 2 aromatic rings. The van der Waals surface area contributed by atoms with Gasteiger partial charge in [0, 0.05) is 35.0 Å². The molecule has 25 heavy (non-hydrogen) atoms. The van der Waals surface area contributed by atoms with Crippen molar-refractivity contribution in [2.45, 2.75) is 23.8 Å². The van der Waals surface area contributed by atoms with E-state index < -0.39 is 6.04 Å². The number of aliphatic hydroxyl groups excluding tert-OH is 1. The van der Waals surface area contributed by atoms with Crippen LogP contribution in [0.25, 0.3) is 0 Å². The number of rotatable bonds is 5. The number of aromatic nitrogens is 1. The normalized spacial score (nSPS) is 14.8. The molecule has 2 heterocycles. The van der Waals surface area contributed by atoms with Crippen LogP contribution in [0.4, 0.5) is 5.69 Å². The second kappa shape index (κ2) is 8.13. The van der Waals surface area contributed by atoms with Crippen LogP contribution >= 0.6 is 11.8 Å². The first-order valence-electron chi connectivity index (χ1n) is 8.03. The van der Waals surface area contributed by atoms with E-state index in [1.165, 1.54) is 0 Å². The van der Waals surface area contributed by atoms with Gasteiger partial charge >= 0.3 is 0 Å². The van der Waals surface area contributed by atoms with E-state index in [0.29, 0.717) is 24.1 Å². The van der Waals surface area contributed by atoms with E-state index in [4.69, 9.17) is 0 Å². The Morgan fingerprint density at radius 1 is 1.32 bits per heavy atom. The molecular formula is C18H19N3O3S. The van der Waals surface area contributed by atoms with Crippen molar-refractivity contribution in [2.75, 3.05) is 17.7 Å². The predicted molar refractivity (Wildman–Crippen MR) is 96.7 cm³/mol. The van der Waals surface area contributed by atoms with Gasteiger partial charge in [-0.05, 0) is 42.3 Å². The minimum absolute atomic E-state index is 0.0465. The lowest BCUT2D eigenvalue weighted by Crippen LogP contribution is -2.39. The molecule has 1 unspecified atom stereocenters. The van der Waals surface area contributed by atoms with E-state index >= 15 is 0 Å². The second-order valence-electron chi connectivity index (χ2n) is 5.77. The number of anilines is 1. The topological polar surface area (TPSA) is 91.3 Å². The zero-order valence-corrected chi connectivity index (χ0v) is 14.4. The molecule has 0 bridgehead atoms. The monoisotopic (exact) mass is 357 g/mol. The SMILES string of the molecule is O=C1CCSc2ccc(C(=O)NC(CO)Cc3ccncc3)cc2N1. The lowest BCUT2D eigenvalue weighted by Gasteiger charge is -2.17. The molecule has 1 aromatic carbocycles. The number of benzene rings is 1. The van der Waals surface area contributed by atoms with Gasteiger partial charge in [-0.25, -0.2) is 0 Å². The molecule has 1 aliphatic rings. The Hall–Kier alpha value is -2.38. The van der Waals surface area contributed by atoms with Gasteiger partial charge in [-0.1, -0.05) is 0 Å². The van der Waals surface area contributed by atoms with E-state index in [9.17, 15) is 14.7 Å². The summed E-state index contributed by atoms with van der Waals surface area (Å²) in [6.07, 6.45) is 4.33. The standard InChI is InChI=1S/C18H19N3O3S/c22-11-14(9-12-3-6-19-7-4-12)20-18(24)13-1-2-16-15(10-13)21-17(23)5-8-25-16/h1-4,6-7,10,14,22H,5,8-9,11H2,(H,20,24)(H,21,23). The quantitative estimate of drug-likeness (QED) is 0.760. The number of nitrogens with one attached hydrogen (secondary N) is 2. The number of pyridine rings is 1. The number of aliphatic hydroxyl groups is 1. The molecule has 0 saturated carbocycles. The highest BCUT2D eigenvalue weighted by atomic mass is 32.2.